The molecular formula is C12H13N3O2S. The van der Waals surface area contributed by atoms with Gasteiger partial charge in [0.05, 0.1) is 16.8 Å². The fourth-order valence-corrected chi connectivity index (χ4v) is 2.63. The lowest BCUT2D eigenvalue weighted by Crippen LogP contribution is -2.14. The third-order valence-corrected chi connectivity index (χ3v) is 3.81. The van der Waals surface area contributed by atoms with Crippen molar-refractivity contribution < 1.29 is 8.42 Å². The number of anilines is 2. The maximum atomic E-state index is 12.1. The number of rotatable bonds is 3. The number of hydrogen-bond donors (Lipinski definition) is 2. The number of hydrogen-bond acceptors (Lipinski definition) is 4. The molecule has 2 aromatic rings. The van der Waals surface area contributed by atoms with Gasteiger partial charge >= 0.3 is 0 Å². The lowest BCUT2D eigenvalue weighted by molar-refractivity contribution is 0.601. The molecule has 94 valence electrons. The molecule has 0 aliphatic heterocycles. The van der Waals surface area contributed by atoms with Gasteiger partial charge in [-0.1, -0.05) is 6.07 Å². The average molecular weight is 263 g/mol. The Kier molecular flexibility index (Phi) is 3.20. The first kappa shape index (κ1) is 12.4. The van der Waals surface area contributed by atoms with Crippen molar-refractivity contribution in [2.45, 2.75) is 11.8 Å². The van der Waals surface area contributed by atoms with Gasteiger partial charge in [0.25, 0.3) is 10.0 Å². The van der Waals surface area contributed by atoms with Crippen molar-refractivity contribution in [1.29, 1.82) is 0 Å². The molecule has 18 heavy (non-hydrogen) atoms. The molecule has 6 heteroatoms. The second-order valence-electron chi connectivity index (χ2n) is 3.87. The molecule has 1 heterocycles. The Labute approximate surface area is 106 Å². The van der Waals surface area contributed by atoms with Crippen LogP contribution in [-0.2, 0) is 10.0 Å². The molecule has 0 amide bonds. The highest BCUT2D eigenvalue weighted by molar-refractivity contribution is 7.92. The highest BCUT2D eigenvalue weighted by atomic mass is 32.2. The van der Waals surface area contributed by atoms with Crippen LogP contribution in [-0.4, -0.2) is 13.4 Å². The minimum absolute atomic E-state index is 0.130. The van der Waals surface area contributed by atoms with E-state index < -0.39 is 10.0 Å². The van der Waals surface area contributed by atoms with Crippen LogP contribution in [0.2, 0.25) is 0 Å². The van der Waals surface area contributed by atoms with Gasteiger partial charge in [-0.15, -0.1) is 0 Å². The Balaban J connectivity index is 2.37. The molecule has 1 aromatic carbocycles. The van der Waals surface area contributed by atoms with Crippen LogP contribution in [0.15, 0.2) is 47.6 Å². The van der Waals surface area contributed by atoms with Crippen molar-refractivity contribution in [3.05, 3.63) is 48.3 Å². The maximum Gasteiger partial charge on any atom is 0.262 e. The molecule has 0 atom stereocenters. The lowest BCUT2D eigenvalue weighted by atomic mass is 10.3. The molecule has 3 N–H and O–H groups in total. The van der Waals surface area contributed by atoms with E-state index in [1.807, 2.05) is 0 Å². The number of aromatic nitrogens is 1. The number of aryl methyl sites for hydroxylation is 1. The summed E-state index contributed by atoms with van der Waals surface area (Å²) in [6, 6.07) is 7.87. The van der Waals surface area contributed by atoms with Crippen molar-refractivity contribution >= 4 is 21.4 Å². The van der Waals surface area contributed by atoms with Gasteiger partial charge in [-0.3, -0.25) is 9.71 Å². The molecule has 0 fully saturated rings. The SMILES string of the molecule is Cc1ccncc1NS(=O)(=O)c1cccc(N)c1. The summed E-state index contributed by atoms with van der Waals surface area (Å²) in [4.78, 5) is 4.02. The predicted molar refractivity (Wildman–Crippen MR) is 70.6 cm³/mol. The third-order valence-electron chi connectivity index (χ3n) is 2.45. The number of nitrogens with two attached hydrogens (primary N) is 1. The van der Waals surface area contributed by atoms with Crippen molar-refractivity contribution in [2.24, 2.45) is 0 Å². The van der Waals surface area contributed by atoms with E-state index >= 15 is 0 Å². The van der Waals surface area contributed by atoms with Gasteiger partial charge in [-0.2, -0.15) is 0 Å². The van der Waals surface area contributed by atoms with E-state index in [0.717, 1.165) is 5.56 Å². The fourth-order valence-electron chi connectivity index (χ4n) is 1.46. The van der Waals surface area contributed by atoms with E-state index in [-0.39, 0.29) is 4.90 Å². The average Bonchev–Trinajstić information content (AvgIpc) is 2.32. The summed E-state index contributed by atoms with van der Waals surface area (Å²) in [5.41, 5.74) is 7.24. The first-order valence-corrected chi connectivity index (χ1v) is 6.76. The summed E-state index contributed by atoms with van der Waals surface area (Å²) in [5.74, 6) is 0. The number of benzene rings is 1. The van der Waals surface area contributed by atoms with Gasteiger partial charge in [0.15, 0.2) is 0 Å². The zero-order valence-corrected chi connectivity index (χ0v) is 10.6. The van der Waals surface area contributed by atoms with E-state index in [0.29, 0.717) is 11.4 Å². The van der Waals surface area contributed by atoms with Crippen molar-refractivity contribution in [3.8, 4) is 0 Å². The standard InChI is InChI=1S/C12H13N3O2S/c1-9-5-6-14-8-12(9)15-18(16,17)11-4-2-3-10(13)7-11/h2-8,15H,13H2,1H3. The van der Waals surface area contributed by atoms with E-state index in [2.05, 4.69) is 9.71 Å². The van der Waals surface area contributed by atoms with E-state index in [1.54, 1.807) is 31.3 Å². The summed E-state index contributed by atoms with van der Waals surface area (Å²) >= 11 is 0. The molecule has 0 aliphatic carbocycles. The Bertz CT molecular complexity index is 669. The summed E-state index contributed by atoms with van der Waals surface area (Å²) in [6.07, 6.45) is 3.08. The van der Waals surface area contributed by atoms with Crippen molar-refractivity contribution in [1.82, 2.24) is 4.98 Å². The highest BCUT2D eigenvalue weighted by Crippen LogP contribution is 2.19. The smallest absolute Gasteiger partial charge is 0.262 e. The number of nitrogen functional groups attached to an aromatic ring is 1. The molecule has 0 saturated carbocycles. The summed E-state index contributed by atoms with van der Waals surface area (Å²) in [7, 11) is -3.63. The molecule has 5 nitrogen and oxygen atoms in total. The molecule has 1 aromatic heterocycles. The normalized spacial score (nSPS) is 11.2. The zero-order valence-electron chi connectivity index (χ0n) is 9.79. The maximum absolute atomic E-state index is 12.1. The van der Waals surface area contributed by atoms with Crippen LogP contribution in [0.3, 0.4) is 0 Å². The van der Waals surface area contributed by atoms with Gasteiger partial charge in [0.1, 0.15) is 0 Å². The van der Waals surface area contributed by atoms with Crippen molar-refractivity contribution in [3.63, 3.8) is 0 Å². The van der Waals surface area contributed by atoms with Gasteiger partial charge in [0.2, 0.25) is 0 Å². The van der Waals surface area contributed by atoms with Crippen LogP contribution < -0.4 is 10.5 Å². The minimum atomic E-state index is -3.63. The molecule has 2 rings (SSSR count). The monoisotopic (exact) mass is 263 g/mol. The zero-order chi connectivity index (χ0) is 13.2. The molecule has 0 saturated heterocycles. The Morgan fingerprint density at radius 3 is 2.72 bits per heavy atom. The summed E-state index contributed by atoms with van der Waals surface area (Å²) < 4.78 is 26.7. The summed E-state index contributed by atoms with van der Waals surface area (Å²) in [6.45, 7) is 1.80. The largest absolute Gasteiger partial charge is 0.399 e. The third kappa shape index (κ3) is 2.60. The topological polar surface area (TPSA) is 85.1 Å². The molecule has 0 aliphatic rings. The van der Waals surface area contributed by atoms with Gasteiger partial charge in [0, 0.05) is 11.9 Å². The van der Waals surface area contributed by atoms with E-state index in [1.165, 1.54) is 18.3 Å². The highest BCUT2D eigenvalue weighted by Gasteiger charge is 2.15. The molecule has 0 radical (unpaired) electrons. The fraction of sp³-hybridized carbons (Fsp3) is 0.0833. The number of sulfonamides is 1. The van der Waals surface area contributed by atoms with Gasteiger partial charge < -0.3 is 5.73 Å². The van der Waals surface area contributed by atoms with Crippen LogP contribution >= 0.6 is 0 Å². The second-order valence-corrected chi connectivity index (χ2v) is 5.55. The molecule has 0 unspecified atom stereocenters. The molecule has 0 bridgehead atoms. The minimum Gasteiger partial charge on any atom is -0.399 e. The van der Waals surface area contributed by atoms with Crippen LogP contribution in [0, 0.1) is 6.92 Å². The van der Waals surface area contributed by atoms with Crippen molar-refractivity contribution in [2.75, 3.05) is 10.5 Å². The lowest BCUT2D eigenvalue weighted by Gasteiger charge is -2.10. The molecular weight excluding hydrogens is 250 g/mol. The Hall–Kier alpha value is -2.08. The number of nitrogens with zero attached hydrogens (tertiary/aromatic N) is 1. The summed E-state index contributed by atoms with van der Waals surface area (Å²) in [5, 5.41) is 0. The van der Waals surface area contributed by atoms with E-state index in [9.17, 15) is 8.42 Å². The second kappa shape index (κ2) is 4.66. The number of nitrogens with one attached hydrogen (secondary N) is 1. The first-order valence-electron chi connectivity index (χ1n) is 5.28. The quantitative estimate of drug-likeness (QED) is 0.826. The molecule has 0 spiro atoms. The Morgan fingerprint density at radius 1 is 1.28 bits per heavy atom. The van der Waals surface area contributed by atoms with Crippen LogP contribution in [0.4, 0.5) is 11.4 Å². The first-order chi connectivity index (χ1) is 8.49. The Morgan fingerprint density at radius 2 is 2.06 bits per heavy atom. The predicted octanol–water partition coefficient (Wildman–Crippen LogP) is 1.77. The van der Waals surface area contributed by atoms with Crippen LogP contribution in [0.5, 0.6) is 0 Å². The number of pyridine rings is 1. The van der Waals surface area contributed by atoms with Gasteiger partial charge in [-0.25, -0.2) is 8.42 Å². The van der Waals surface area contributed by atoms with E-state index in [4.69, 9.17) is 5.73 Å². The van der Waals surface area contributed by atoms with Crippen LogP contribution in [0.25, 0.3) is 0 Å². The van der Waals surface area contributed by atoms with Crippen LogP contribution in [0.1, 0.15) is 5.56 Å². The van der Waals surface area contributed by atoms with Gasteiger partial charge in [-0.05, 0) is 36.8 Å².